The van der Waals surface area contributed by atoms with Crippen LogP contribution in [-0.2, 0) is 0 Å². The van der Waals surface area contributed by atoms with Gasteiger partial charge in [-0.3, -0.25) is 5.84 Å². The molecular formula is C10H27N3. The highest BCUT2D eigenvalue weighted by Crippen LogP contribution is 1.88. The van der Waals surface area contributed by atoms with Crippen LogP contribution < -0.4 is 11.6 Å². The zero-order valence-corrected chi connectivity index (χ0v) is 9.71. The second-order valence-electron chi connectivity index (χ2n) is 3.39. The zero-order valence-electron chi connectivity index (χ0n) is 9.71. The highest BCUT2D eigenvalue weighted by molar-refractivity contribution is 4.47. The van der Waals surface area contributed by atoms with Crippen molar-refractivity contribution in [3.63, 3.8) is 0 Å². The summed E-state index contributed by atoms with van der Waals surface area (Å²) in [6.07, 6.45) is 3.50. The molecule has 0 heterocycles. The first kappa shape index (κ1) is 15.4. The van der Waals surface area contributed by atoms with Crippen LogP contribution in [0.1, 0.15) is 47.0 Å². The van der Waals surface area contributed by atoms with Crippen molar-refractivity contribution in [2.24, 2.45) is 11.6 Å². The van der Waals surface area contributed by atoms with Gasteiger partial charge >= 0.3 is 0 Å². The molecule has 4 N–H and O–H groups in total. The largest absolute Gasteiger partial charge is 0.328 e. The third-order valence-corrected chi connectivity index (χ3v) is 1.66. The lowest BCUT2D eigenvalue weighted by molar-refractivity contribution is 0.300. The summed E-state index contributed by atoms with van der Waals surface area (Å²) < 4.78 is 0. The molecule has 13 heavy (non-hydrogen) atoms. The van der Waals surface area contributed by atoms with Crippen molar-refractivity contribution in [2.45, 2.75) is 53.0 Å². The predicted octanol–water partition coefficient (Wildman–Crippen LogP) is 1.73. The number of hydrogen-bond acceptors (Lipinski definition) is 3. The lowest BCUT2D eigenvalue weighted by Crippen LogP contribution is -2.30. The minimum Gasteiger partial charge on any atom is -0.328 e. The smallest absolute Gasteiger partial charge is 0.0125 e. The summed E-state index contributed by atoms with van der Waals surface area (Å²) in [5.74, 6) is 5.42. The Balaban J connectivity index is 0. The summed E-state index contributed by atoms with van der Waals surface area (Å²) in [6.45, 7) is 10.3. The van der Waals surface area contributed by atoms with E-state index < -0.39 is 0 Å². The molecule has 3 nitrogen and oxygen atoms in total. The summed E-state index contributed by atoms with van der Waals surface area (Å²) in [5, 5.41) is 1.81. The maximum absolute atomic E-state index is 5.42. The van der Waals surface area contributed by atoms with Gasteiger partial charge in [-0.15, -0.1) is 0 Å². The van der Waals surface area contributed by atoms with E-state index in [1.54, 1.807) is 5.01 Å². The van der Waals surface area contributed by atoms with E-state index in [1.807, 2.05) is 6.92 Å². The van der Waals surface area contributed by atoms with E-state index in [-0.39, 0.29) is 0 Å². The van der Waals surface area contributed by atoms with E-state index in [0.717, 1.165) is 25.9 Å². The number of rotatable bonds is 5. The van der Waals surface area contributed by atoms with Crippen LogP contribution >= 0.6 is 0 Å². The van der Waals surface area contributed by atoms with Gasteiger partial charge in [0.05, 0.1) is 0 Å². The molecule has 0 amide bonds. The van der Waals surface area contributed by atoms with Crippen LogP contribution in [-0.4, -0.2) is 24.1 Å². The zero-order chi connectivity index (χ0) is 10.7. The molecule has 0 aromatic carbocycles. The Labute approximate surface area is 83.4 Å². The fourth-order valence-corrected chi connectivity index (χ4v) is 0.901. The van der Waals surface area contributed by atoms with Crippen molar-refractivity contribution in [3.05, 3.63) is 0 Å². The SMILES string of the molecule is CCCC(C)N.CCCN(N)CC. The minimum absolute atomic E-state index is 0.398. The van der Waals surface area contributed by atoms with Gasteiger partial charge in [0.2, 0.25) is 0 Å². The topological polar surface area (TPSA) is 55.3 Å². The summed E-state index contributed by atoms with van der Waals surface area (Å²) in [4.78, 5) is 0. The Morgan fingerprint density at radius 2 is 1.69 bits per heavy atom. The van der Waals surface area contributed by atoms with Gasteiger partial charge in [0.1, 0.15) is 0 Å². The van der Waals surface area contributed by atoms with Gasteiger partial charge in [-0.05, 0) is 19.8 Å². The maximum Gasteiger partial charge on any atom is 0.0125 e. The Kier molecular flexibility index (Phi) is 14.0. The van der Waals surface area contributed by atoms with Crippen LogP contribution in [0.2, 0.25) is 0 Å². The van der Waals surface area contributed by atoms with E-state index in [1.165, 1.54) is 6.42 Å². The summed E-state index contributed by atoms with van der Waals surface area (Å²) >= 11 is 0. The van der Waals surface area contributed by atoms with Gasteiger partial charge in [-0.2, -0.15) is 0 Å². The van der Waals surface area contributed by atoms with Crippen LogP contribution in [0.25, 0.3) is 0 Å². The molecule has 0 fully saturated rings. The molecule has 0 saturated carbocycles. The quantitative estimate of drug-likeness (QED) is 0.511. The van der Waals surface area contributed by atoms with E-state index in [2.05, 4.69) is 20.8 Å². The third kappa shape index (κ3) is 18.7. The second kappa shape index (κ2) is 11.9. The molecule has 0 spiro atoms. The Hall–Kier alpha value is -0.120. The molecule has 0 aliphatic heterocycles. The van der Waals surface area contributed by atoms with Crippen LogP contribution in [0.4, 0.5) is 0 Å². The van der Waals surface area contributed by atoms with E-state index in [4.69, 9.17) is 11.6 Å². The Morgan fingerprint density at radius 1 is 1.15 bits per heavy atom. The molecule has 1 atom stereocenters. The number of nitrogens with zero attached hydrogens (tertiary/aromatic N) is 1. The lowest BCUT2D eigenvalue weighted by Gasteiger charge is -2.09. The van der Waals surface area contributed by atoms with E-state index in [0.29, 0.717) is 6.04 Å². The number of hydrogen-bond donors (Lipinski definition) is 2. The number of nitrogens with two attached hydrogens (primary N) is 2. The predicted molar refractivity (Wildman–Crippen MR) is 60.3 cm³/mol. The molecule has 0 aromatic heterocycles. The standard InChI is InChI=1S/C5H14N2.C5H13N/c1-3-5-7(6)4-2;1-3-4-5(2)6/h3-6H2,1-2H3;5H,3-4,6H2,1-2H3. The van der Waals surface area contributed by atoms with Crippen LogP contribution in [0.5, 0.6) is 0 Å². The summed E-state index contributed by atoms with van der Waals surface area (Å²) in [6, 6.07) is 0.398. The normalized spacial score (nSPS) is 12.2. The molecule has 1 unspecified atom stereocenters. The molecule has 0 aliphatic carbocycles. The van der Waals surface area contributed by atoms with E-state index >= 15 is 0 Å². The molecule has 0 radical (unpaired) electrons. The molecular weight excluding hydrogens is 162 g/mol. The average molecular weight is 189 g/mol. The van der Waals surface area contributed by atoms with Gasteiger partial charge in [-0.25, -0.2) is 5.01 Å². The minimum atomic E-state index is 0.398. The van der Waals surface area contributed by atoms with E-state index in [9.17, 15) is 0 Å². The third-order valence-electron chi connectivity index (χ3n) is 1.66. The molecule has 0 aromatic rings. The van der Waals surface area contributed by atoms with Crippen LogP contribution in [0.15, 0.2) is 0 Å². The molecule has 0 rings (SSSR count). The van der Waals surface area contributed by atoms with Crippen molar-refractivity contribution in [1.82, 2.24) is 5.01 Å². The lowest BCUT2D eigenvalue weighted by atomic mass is 10.2. The Morgan fingerprint density at radius 3 is 1.77 bits per heavy atom. The first-order valence-corrected chi connectivity index (χ1v) is 5.33. The molecule has 82 valence electrons. The molecule has 0 aliphatic rings. The first-order chi connectivity index (χ1) is 6.08. The fourth-order valence-electron chi connectivity index (χ4n) is 0.901. The molecule has 0 bridgehead atoms. The Bertz CT molecular complexity index is 84.2. The van der Waals surface area contributed by atoms with Gasteiger partial charge in [0, 0.05) is 19.1 Å². The average Bonchev–Trinajstić information content (AvgIpc) is 2.05. The van der Waals surface area contributed by atoms with Crippen molar-refractivity contribution >= 4 is 0 Å². The second-order valence-corrected chi connectivity index (χ2v) is 3.39. The van der Waals surface area contributed by atoms with Crippen molar-refractivity contribution < 1.29 is 0 Å². The molecule has 0 saturated heterocycles. The van der Waals surface area contributed by atoms with Gasteiger partial charge in [0.25, 0.3) is 0 Å². The highest BCUT2D eigenvalue weighted by atomic mass is 15.4. The number of hydrazine groups is 1. The monoisotopic (exact) mass is 189 g/mol. The van der Waals surface area contributed by atoms with Gasteiger partial charge in [-0.1, -0.05) is 27.2 Å². The summed E-state index contributed by atoms with van der Waals surface area (Å²) in [5.41, 5.74) is 5.40. The van der Waals surface area contributed by atoms with Crippen molar-refractivity contribution in [2.75, 3.05) is 13.1 Å². The maximum atomic E-state index is 5.42. The fraction of sp³-hybridized carbons (Fsp3) is 1.00. The van der Waals surface area contributed by atoms with Gasteiger partial charge in [0.15, 0.2) is 0 Å². The first-order valence-electron chi connectivity index (χ1n) is 5.33. The summed E-state index contributed by atoms with van der Waals surface area (Å²) in [7, 11) is 0. The van der Waals surface area contributed by atoms with Crippen molar-refractivity contribution in [3.8, 4) is 0 Å². The molecule has 3 heteroatoms. The van der Waals surface area contributed by atoms with Crippen molar-refractivity contribution in [1.29, 1.82) is 0 Å². The van der Waals surface area contributed by atoms with Crippen LogP contribution in [0, 0.1) is 0 Å². The van der Waals surface area contributed by atoms with Crippen LogP contribution in [0.3, 0.4) is 0 Å². The van der Waals surface area contributed by atoms with Gasteiger partial charge < -0.3 is 5.73 Å². The highest BCUT2D eigenvalue weighted by Gasteiger charge is 1.87.